The Hall–Kier alpha value is -3.65. The first-order valence-corrected chi connectivity index (χ1v) is 9.76. The highest BCUT2D eigenvalue weighted by molar-refractivity contribution is 5.99. The smallest absolute Gasteiger partial charge is 0.161 e. The standard InChI is InChI=1S/C27H23NO/c1-21(29)25-19-11-12-20-26(25)28-27(22-13-5-2-6-14-22,23-15-7-3-8-16-23)24-17-9-4-10-18-24/h2-20,28H,1H3. The summed E-state index contributed by atoms with van der Waals surface area (Å²) in [6, 6.07) is 38.8. The SMILES string of the molecule is CC(=O)c1ccccc1NC(c1ccccc1)(c1ccccc1)c1ccccc1. The fourth-order valence-electron chi connectivity index (χ4n) is 3.88. The average Bonchev–Trinajstić information content (AvgIpc) is 2.79. The molecule has 0 atom stereocenters. The highest BCUT2D eigenvalue weighted by Crippen LogP contribution is 2.40. The number of rotatable bonds is 6. The molecule has 0 amide bonds. The van der Waals surface area contributed by atoms with Gasteiger partial charge in [0.2, 0.25) is 0 Å². The minimum absolute atomic E-state index is 0.0381. The van der Waals surface area contributed by atoms with Crippen molar-refractivity contribution in [2.45, 2.75) is 12.5 Å². The van der Waals surface area contributed by atoms with Crippen molar-refractivity contribution in [2.75, 3.05) is 5.32 Å². The lowest BCUT2D eigenvalue weighted by Gasteiger charge is -2.38. The molecule has 0 aliphatic heterocycles. The molecule has 0 unspecified atom stereocenters. The molecule has 29 heavy (non-hydrogen) atoms. The van der Waals surface area contributed by atoms with E-state index in [1.165, 1.54) is 0 Å². The first kappa shape index (κ1) is 18.7. The molecule has 0 bridgehead atoms. The third-order valence-electron chi connectivity index (χ3n) is 5.25. The second kappa shape index (κ2) is 8.15. The Bertz CT molecular complexity index is 992. The molecule has 0 aliphatic carbocycles. The van der Waals surface area contributed by atoms with E-state index in [0.717, 1.165) is 22.4 Å². The van der Waals surface area contributed by atoms with Crippen molar-refractivity contribution in [3.8, 4) is 0 Å². The number of hydrogen-bond donors (Lipinski definition) is 1. The van der Waals surface area contributed by atoms with Gasteiger partial charge in [-0.05, 0) is 35.7 Å². The molecule has 4 aromatic carbocycles. The van der Waals surface area contributed by atoms with Crippen LogP contribution in [0, 0.1) is 0 Å². The van der Waals surface area contributed by atoms with Crippen LogP contribution in [-0.4, -0.2) is 5.78 Å². The Labute approximate surface area is 171 Å². The molecule has 4 aromatic rings. The van der Waals surface area contributed by atoms with Crippen LogP contribution in [0.2, 0.25) is 0 Å². The maximum absolute atomic E-state index is 12.3. The summed E-state index contributed by atoms with van der Waals surface area (Å²) in [7, 11) is 0. The number of hydrogen-bond acceptors (Lipinski definition) is 2. The third kappa shape index (κ3) is 3.57. The van der Waals surface area contributed by atoms with Crippen LogP contribution >= 0.6 is 0 Å². The van der Waals surface area contributed by atoms with E-state index < -0.39 is 5.54 Å². The number of nitrogens with one attached hydrogen (secondary N) is 1. The number of benzene rings is 4. The van der Waals surface area contributed by atoms with Crippen molar-refractivity contribution >= 4 is 11.5 Å². The molecule has 0 spiro atoms. The molecule has 0 aromatic heterocycles. The van der Waals surface area contributed by atoms with E-state index in [9.17, 15) is 4.79 Å². The monoisotopic (exact) mass is 377 g/mol. The number of para-hydroxylation sites is 1. The van der Waals surface area contributed by atoms with Gasteiger partial charge >= 0.3 is 0 Å². The van der Waals surface area contributed by atoms with Crippen molar-refractivity contribution in [3.63, 3.8) is 0 Å². The fourth-order valence-corrected chi connectivity index (χ4v) is 3.88. The Morgan fingerprint density at radius 1 is 0.586 bits per heavy atom. The summed E-state index contributed by atoms with van der Waals surface area (Å²) in [5, 5.41) is 3.77. The van der Waals surface area contributed by atoms with E-state index in [0.29, 0.717) is 5.56 Å². The molecular weight excluding hydrogens is 354 g/mol. The quantitative estimate of drug-likeness (QED) is 0.316. The minimum atomic E-state index is -0.644. The zero-order chi connectivity index (χ0) is 20.1. The fraction of sp³-hybridized carbons (Fsp3) is 0.0741. The molecule has 0 radical (unpaired) electrons. The molecule has 2 heteroatoms. The lowest BCUT2D eigenvalue weighted by Crippen LogP contribution is -2.38. The van der Waals surface area contributed by atoms with Crippen LogP contribution < -0.4 is 5.32 Å². The van der Waals surface area contributed by atoms with Crippen molar-refractivity contribution in [1.29, 1.82) is 0 Å². The summed E-state index contributed by atoms with van der Waals surface area (Å²) >= 11 is 0. The number of Topliss-reactive ketones (excluding diaryl/α,β-unsaturated/α-hetero) is 1. The Balaban J connectivity index is 2.03. The number of anilines is 1. The van der Waals surface area contributed by atoms with Crippen LogP contribution in [0.5, 0.6) is 0 Å². The van der Waals surface area contributed by atoms with Crippen LogP contribution in [0.1, 0.15) is 34.0 Å². The van der Waals surface area contributed by atoms with E-state index >= 15 is 0 Å². The molecule has 0 saturated carbocycles. The lowest BCUT2D eigenvalue weighted by atomic mass is 9.76. The average molecular weight is 377 g/mol. The van der Waals surface area contributed by atoms with Crippen LogP contribution in [0.4, 0.5) is 5.69 Å². The Morgan fingerprint density at radius 3 is 1.38 bits per heavy atom. The number of carbonyl (C=O) groups is 1. The van der Waals surface area contributed by atoms with Crippen LogP contribution in [-0.2, 0) is 5.54 Å². The molecular formula is C27H23NO. The van der Waals surface area contributed by atoms with Gasteiger partial charge in [0.15, 0.2) is 5.78 Å². The summed E-state index contributed by atoms with van der Waals surface area (Å²) in [6.07, 6.45) is 0. The number of carbonyl (C=O) groups excluding carboxylic acids is 1. The Kier molecular flexibility index (Phi) is 5.26. The van der Waals surface area contributed by atoms with Gasteiger partial charge in [-0.15, -0.1) is 0 Å². The van der Waals surface area contributed by atoms with Crippen LogP contribution in [0.25, 0.3) is 0 Å². The zero-order valence-electron chi connectivity index (χ0n) is 16.4. The van der Waals surface area contributed by atoms with E-state index in [2.05, 4.69) is 78.1 Å². The van der Waals surface area contributed by atoms with Gasteiger partial charge in [0.05, 0.1) is 0 Å². The van der Waals surface area contributed by atoms with E-state index in [1.807, 2.05) is 42.5 Å². The molecule has 0 heterocycles. The normalized spacial score (nSPS) is 11.1. The summed E-state index contributed by atoms with van der Waals surface area (Å²) in [5.74, 6) is 0.0381. The van der Waals surface area contributed by atoms with E-state index in [4.69, 9.17) is 0 Å². The molecule has 0 fully saturated rings. The van der Waals surface area contributed by atoms with E-state index in [1.54, 1.807) is 6.92 Å². The predicted octanol–water partition coefficient (Wildman–Crippen LogP) is 6.29. The summed E-state index contributed by atoms with van der Waals surface area (Å²) in [5.41, 5.74) is 4.17. The van der Waals surface area contributed by atoms with Crippen molar-refractivity contribution in [2.24, 2.45) is 0 Å². The number of ketones is 1. The maximum Gasteiger partial charge on any atom is 0.161 e. The second-order valence-electron chi connectivity index (χ2n) is 7.07. The molecule has 0 saturated heterocycles. The van der Waals surface area contributed by atoms with Gasteiger partial charge in [-0.2, -0.15) is 0 Å². The molecule has 2 nitrogen and oxygen atoms in total. The van der Waals surface area contributed by atoms with Gasteiger partial charge in [-0.1, -0.05) is 103 Å². The van der Waals surface area contributed by atoms with Crippen LogP contribution in [0.3, 0.4) is 0 Å². The minimum Gasteiger partial charge on any atom is -0.367 e. The van der Waals surface area contributed by atoms with Gasteiger partial charge < -0.3 is 5.32 Å². The largest absolute Gasteiger partial charge is 0.367 e. The highest BCUT2D eigenvalue weighted by atomic mass is 16.1. The molecule has 142 valence electrons. The van der Waals surface area contributed by atoms with Crippen molar-refractivity contribution in [3.05, 3.63) is 138 Å². The first-order valence-electron chi connectivity index (χ1n) is 9.76. The highest BCUT2D eigenvalue weighted by Gasteiger charge is 2.36. The van der Waals surface area contributed by atoms with Gasteiger partial charge in [-0.3, -0.25) is 4.79 Å². The summed E-state index contributed by atoms with van der Waals surface area (Å²) in [4.78, 5) is 12.3. The molecule has 1 N–H and O–H groups in total. The molecule has 0 aliphatic rings. The van der Waals surface area contributed by atoms with Gasteiger partial charge in [-0.25, -0.2) is 0 Å². The summed E-state index contributed by atoms with van der Waals surface area (Å²) < 4.78 is 0. The van der Waals surface area contributed by atoms with Crippen LogP contribution in [0.15, 0.2) is 115 Å². The van der Waals surface area contributed by atoms with Crippen molar-refractivity contribution < 1.29 is 4.79 Å². The summed E-state index contributed by atoms with van der Waals surface area (Å²) in [6.45, 7) is 1.61. The van der Waals surface area contributed by atoms with Gasteiger partial charge in [0, 0.05) is 11.3 Å². The predicted molar refractivity (Wildman–Crippen MR) is 119 cm³/mol. The first-order chi connectivity index (χ1) is 14.2. The third-order valence-corrected chi connectivity index (χ3v) is 5.25. The Morgan fingerprint density at radius 2 is 0.966 bits per heavy atom. The van der Waals surface area contributed by atoms with Gasteiger partial charge in [0.25, 0.3) is 0 Å². The topological polar surface area (TPSA) is 29.1 Å². The zero-order valence-corrected chi connectivity index (χ0v) is 16.4. The lowest BCUT2D eigenvalue weighted by molar-refractivity contribution is 0.101. The van der Waals surface area contributed by atoms with Gasteiger partial charge in [0.1, 0.15) is 5.54 Å². The maximum atomic E-state index is 12.3. The van der Waals surface area contributed by atoms with E-state index in [-0.39, 0.29) is 5.78 Å². The molecule has 4 rings (SSSR count). The second-order valence-corrected chi connectivity index (χ2v) is 7.07. The van der Waals surface area contributed by atoms with Crippen molar-refractivity contribution in [1.82, 2.24) is 0 Å².